The first-order valence-corrected chi connectivity index (χ1v) is 7.24. The molecular weight excluding hydrogens is 391 g/mol. The monoisotopic (exact) mass is 416 g/mol. The van der Waals surface area contributed by atoms with Gasteiger partial charge in [-0.2, -0.15) is 0 Å². The summed E-state index contributed by atoms with van der Waals surface area (Å²) in [6.45, 7) is 6.36. The maximum atomic E-state index is 5.44. The molecule has 122 valence electrons. The molecule has 2 rings (SSSR count). The van der Waals surface area contributed by atoms with Gasteiger partial charge in [-0.05, 0) is 18.6 Å². The Morgan fingerprint density at radius 1 is 1.50 bits per heavy atom. The van der Waals surface area contributed by atoms with Crippen molar-refractivity contribution in [3.8, 4) is 5.75 Å². The van der Waals surface area contributed by atoms with Gasteiger partial charge in [-0.25, -0.2) is 0 Å². The van der Waals surface area contributed by atoms with Gasteiger partial charge < -0.3 is 20.3 Å². The number of aliphatic imine (C=N–C) groups is 1. The highest BCUT2D eigenvalue weighted by Gasteiger charge is 2.25. The quantitative estimate of drug-likeness (QED) is 0.335. The molecule has 0 aromatic heterocycles. The molecule has 6 heteroatoms. The van der Waals surface area contributed by atoms with Crippen LogP contribution in [0.1, 0.15) is 6.42 Å². The number of hydrogen-bond donors (Lipinski definition) is 2. The van der Waals surface area contributed by atoms with Crippen molar-refractivity contribution < 1.29 is 4.74 Å². The molecule has 0 aliphatic carbocycles. The van der Waals surface area contributed by atoms with E-state index in [1.54, 1.807) is 14.2 Å². The van der Waals surface area contributed by atoms with Crippen molar-refractivity contribution in [1.82, 2.24) is 10.6 Å². The Kier molecular flexibility index (Phi) is 8.08. The lowest BCUT2D eigenvalue weighted by atomic mass is 10.2. The predicted octanol–water partition coefficient (Wildman–Crippen LogP) is 2.24. The third-order valence-electron chi connectivity index (χ3n) is 3.59. The zero-order valence-electron chi connectivity index (χ0n) is 13.2. The molecule has 1 aromatic carbocycles. The molecule has 22 heavy (non-hydrogen) atoms. The standard InChI is InChI=1S/C16H24N4O.HI/c1-4-10-18-16(17-2)19-13-9-11-20(12-13)14-7-5-6-8-15(14)21-3;/h4-8,13H,1,9-12H2,2-3H3,(H2,17,18,19);1H. The first-order valence-electron chi connectivity index (χ1n) is 7.24. The van der Waals surface area contributed by atoms with Gasteiger partial charge in [0.2, 0.25) is 0 Å². The first kappa shape index (κ1) is 18.6. The predicted molar refractivity (Wildman–Crippen MR) is 104 cm³/mol. The number of nitrogens with one attached hydrogen (secondary N) is 2. The number of rotatable bonds is 5. The van der Waals surface area contributed by atoms with E-state index in [4.69, 9.17) is 4.74 Å². The average Bonchev–Trinajstić information content (AvgIpc) is 2.99. The molecule has 0 saturated carbocycles. The minimum atomic E-state index is 0. The van der Waals surface area contributed by atoms with Crippen LogP contribution in [-0.2, 0) is 0 Å². The van der Waals surface area contributed by atoms with Crippen LogP contribution in [0.15, 0.2) is 41.9 Å². The molecule has 2 N–H and O–H groups in total. The van der Waals surface area contributed by atoms with Crippen LogP contribution >= 0.6 is 24.0 Å². The zero-order valence-corrected chi connectivity index (χ0v) is 15.5. The third-order valence-corrected chi connectivity index (χ3v) is 3.59. The van der Waals surface area contributed by atoms with Crippen molar-refractivity contribution in [1.29, 1.82) is 0 Å². The Morgan fingerprint density at radius 3 is 2.95 bits per heavy atom. The van der Waals surface area contributed by atoms with Gasteiger partial charge in [-0.3, -0.25) is 4.99 Å². The number of para-hydroxylation sites is 2. The van der Waals surface area contributed by atoms with Crippen LogP contribution in [0.5, 0.6) is 5.75 Å². The molecule has 1 aromatic rings. The lowest BCUT2D eigenvalue weighted by molar-refractivity contribution is 0.415. The molecule has 1 fully saturated rings. The molecule has 0 radical (unpaired) electrons. The van der Waals surface area contributed by atoms with Crippen molar-refractivity contribution in [2.45, 2.75) is 12.5 Å². The number of nitrogens with zero attached hydrogens (tertiary/aromatic N) is 2. The molecule has 1 aliphatic heterocycles. The van der Waals surface area contributed by atoms with Gasteiger partial charge in [0.25, 0.3) is 0 Å². The van der Waals surface area contributed by atoms with Crippen LogP contribution in [0.25, 0.3) is 0 Å². The van der Waals surface area contributed by atoms with Crippen LogP contribution in [0.4, 0.5) is 5.69 Å². The van der Waals surface area contributed by atoms with Crippen molar-refractivity contribution in [3.05, 3.63) is 36.9 Å². The topological polar surface area (TPSA) is 48.9 Å². The highest BCUT2D eigenvalue weighted by molar-refractivity contribution is 14.0. The second kappa shape index (κ2) is 9.55. The number of ether oxygens (including phenoxy) is 1. The average molecular weight is 416 g/mol. The van der Waals surface area contributed by atoms with Crippen LogP contribution in [0.3, 0.4) is 0 Å². The fourth-order valence-electron chi connectivity index (χ4n) is 2.54. The summed E-state index contributed by atoms with van der Waals surface area (Å²) in [6.07, 6.45) is 2.90. The summed E-state index contributed by atoms with van der Waals surface area (Å²) in [6, 6.07) is 8.52. The van der Waals surface area contributed by atoms with E-state index in [1.165, 1.54) is 0 Å². The Hall–Kier alpha value is -1.44. The molecule has 1 unspecified atom stereocenters. The fraction of sp³-hybridized carbons (Fsp3) is 0.438. The number of benzene rings is 1. The van der Waals surface area contributed by atoms with E-state index in [1.807, 2.05) is 24.3 Å². The lowest BCUT2D eigenvalue weighted by Crippen LogP contribution is -2.44. The van der Waals surface area contributed by atoms with Crippen molar-refractivity contribution >= 4 is 35.6 Å². The van der Waals surface area contributed by atoms with Gasteiger partial charge >= 0.3 is 0 Å². The van der Waals surface area contributed by atoms with E-state index in [-0.39, 0.29) is 24.0 Å². The summed E-state index contributed by atoms with van der Waals surface area (Å²) in [5.41, 5.74) is 1.15. The van der Waals surface area contributed by atoms with E-state index in [0.29, 0.717) is 12.6 Å². The van der Waals surface area contributed by atoms with Gasteiger partial charge in [0.05, 0.1) is 12.8 Å². The van der Waals surface area contributed by atoms with E-state index >= 15 is 0 Å². The lowest BCUT2D eigenvalue weighted by Gasteiger charge is -2.22. The fourth-order valence-corrected chi connectivity index (χ4v) is 2.54. The molecule has 1 aliphatic rings. The Balaban J connectivity index is 0.00000242. The highest BCUT2D eigenvalue weighted by Crippen LogP contribution is 2.30. The van der Waals surface area contributed by atoms with Crippen LogP contribution in [0.2, 0.25) is 0 Å². The molecule has 0 amide bonds. The van der Waals surface area contributed by atoms with Crippen molar-refractivity contribution in [3.63, 3.8) is 0 Å². The molecule has 0 spiro atoms. The number of guanidine groups is 1. The van der Waals surface area contributed by atoms with E-state index in [9.17, 15) is 0 Å². The second-order valence-electron chi connectivity index (χ2n) is 4.99. The first-order chi connectivity index (χ1) is 10.3. The molecule has 1 saturated heterocycles. The molecular formula is C16H25IN4O. The highest BCUT2D eigenvalue weighted by atomic mass is 127. The minimum Gasteiger partial charge on any atom is -0.495 e. The maximum Gasteiger partial charge on any atom is 0.191 e. The minimum absolute atomic E-state index is 0. The smallest absolute Gasteiger partial charge is 0.191 e. The van der Waals surface area contributed by atoms with Crippen molar-refractivity contribution in [2.24, 2.45) is 4.99 Å². The number of anilines is 1. The van der Waals surface area contributed by atoms with Crippen molar-refractivity contribution in [2.75, 3.05) is 38.7 Å². The number of hydrogen-bond acceptors (Lipinski definition) is 3. The summed E-state index contributed by atoms with van der Waals surface area (Å²) < 4.78 is 5.44. The summed E-state index contributed by atoms with van der Waals surface area (Å²) in [5.74, 6) is 1.74. The molecule has 5 nitrogen and oxygen atoms in total. The number of halogens is 1. The van der Waals surface area contributed by atoms with Gasteiger partial charge in [0.1, 0.15) is 5.75 Å². The molecule has 1 atom stereocenters. The zero-order chi connectivity index (χ0) is 15.1. The summed E-state index contributed by atoms with van der Waals surface area (Å²) in [4.78, 5) is 6.57. The Bertz CT molecular complexity index is 507. The van der Waals surface area contributed by atoms with Gasteiger partial charge in [-0.15, -0.1) is 30.6 Å². The summed E-state index contributed by atoms with van der Waals surface area (Å²) >= 11 is 0. The van der Waals surface area contributed by atoms with Crippen LogP contribution in [0, 0.1) is 0 Å². The maximum absolute atomic E-state index is 5.44. The molecule has 1 heterocycles. The van der Waals surface area contributed by atoms with Gasteiger partial charge in [0, 0.05) is 32.7 Å². The van der Waals surface area contributed by atoms with Gasteiger partial charge in [-0.1, -0.05) is 18.2 Å². The third kappa shape index (κ3) is 4.79. The van der Waals surface area contributed by atoms with E-state index in [2.05, 4.69) is 33.2 Å². The second-order valence-corrected chi connectivity index (χ2v) is 4.99. The SMILES string of the molecule is C=CCNC(=NC)NC1CCN(c2ccccc2OC)C1.I. The largest absolute Gasteiger partial charge is 0.495 e. The summed E-state index contributed by atoms with van der Waals surface area (Å²) in [7, 11) is 3.50. The number of methoxy groups -OCH3 is 1. The molecule has 0 bridgehead atoms. The van der Waals surface area contributed by atoms with E-state index in [0.717, 1.165) is 36.9 Å². The Labute approximate surface area is 149 Å². The normalized spacial score (nSPS) is 17.6. The van der Waals surface area contributed by atoms with Gasteiger partial charge in [0.15, 0.2) is 5.96 Å². The van der Waals surface area contributed by atoms with E-state index < -0.39 is 0 Å². The summed E-state index contributed by atoms with van der Waals surface area (Å²) in [5, 5.41) is 6.65. The van der Waals surface area contributed by atoms with Crippen LogP contribution < -0.4 is 20.3 Å². The van der Waals surface area contributed by atoms with Crippen LogP contribution in [-0.4, -0.2) is 45.8 Å². The Morgan fingerprint density at radius 2 is 2.27 bits per heavy atom.